The van der Waals surface area contributed by atoms with E-state index in [4.69, 9.17) is 12.6 Å². The zero-order valence-electron chi connectivity index (χ0n) is 13.5. The summed E-state index contributed by atoms with van der Waals surface area (Å²) in [5.74, 6) is 0. The van der Waals surface area contributed by atoms with E-state index in [1.165, 1.54) is 20.0 Å². The monoisotopic (exact) mass is 305 g/mol. The first-order valence-corrected chi connectivity index (χ1v) is 8.06. The van der Waals surface area contributed by atoms with Gasteiger partial charge in [0.25, 0.3) is 0 Å². The van der Waals surface area contributed by atoms with Gasteiger partial charge >= 0.3 is 7.94 Å². The predicted octanol–water partition coefficient (Wildman–Crippen LogP) is 2.06. The summed E-state index contributed by atoms with van der Waals surface area (Å²) in [7, 11) is 10.9. The van der Waals surface area contributed by atoms with Gasteiger partial charge in [0.1, 0.15) is 5.21 Å². The third-order valence-corrected chi connectivity index (χ3v) is 3.24. The van der Waals surface area contributed by atoms with Crippen LogP contribution in [0.4, 0.5) is 0 Å². The summed E-state index contributed by atoms with van der Waals surface area (Å²) in [6.45, 7) is 6.20. The average molecular weight is 305 g/mol. The molecule has 0 bridgehead atoms. The van der Waals surface area contributed by atoms with Gasteiger partial charge in [0.15, 0.2) is 7.85 Å². The van der Waals surface area contributed by atoms with Crippen LogP contribution in [0.2, 0.25) is 6.82 Å². The zero-order valence-corrected chi connectivity index (χ0v) is 14.4. The number of hydrogen-bond acceptors (Lipinski definition) is 5. The van der Waals surface area contributed by atoms with Crippen molar-refractivity contribution in [2.24, 2.45) is 0 Å². The molecule has 0 aliphatic carbocycles. The minimum atomic E-state index is -3.51. The fourth-order valence-corrected chi connectivity index (χ4v) is 1.70. The van der Waals surface area contributed by atoms with Crippen LogP contribution in [0.1, 0.15) is 26.7 Å². The summed E-state index contributed by atoms with van der Waals surface area (Å²) in [6, 6.07) is 0. The topological polar surface area (TPSA) is 68.2 Å². The molecule has 116 valence electrons. The van der Waals surface area contributed by atoms with E-state index in [2.05, 4.69) is 17.1 Å². The Bertz CT molecular complexity index is 222. The van der Waals surface area contributed by atoms with Crippen molar-refractivity contribution in [2.75, 3.05) is 27.9 Å². The summed E-state index contributed by atoms with van der Waals surface area (Å²) in [5.41, 5.74) is 0. The summed E-state index contributed by atoms with van der Waals surface area (Å²) < 4.78 is 14.0. The molecule has 8 heteroatoms. The Labute approximate surface area is 127 Å². The molecule has 20 heavy (non-hydrogen) atoms. The van der Waals surface area contributed by atoms with Crippen LogP contribution in [-0.4, -0.2) is 59.5 Å². The molecule has 0 amide bonds. The highest BCUT2D eigenvalue weighted by molar-refractivity contribution is 7.66. The third-order valence-electron chi connectivity index (χ3n) is 1.91. The highest BCUT2D eigenvalue weighted by Crippen LogP contribution is 2.57. The molecule has 1 rings (SSSR count). The van der Waals surface area contributed by atoms with Crippen LogP contribution in [0, 0.1) is 0 Å². The smallest absolute Gasteiger partial charge is 0.388 e. The molecule has 1 heterocycles. The second kappa shape index (κ2) is 17.2. The molecular formula is C12H28B2O5P+. The molecule has 0 saturated carbocycles. The Balaban J connectivity index is -0.000000355. The van der Waals surface area contributed by atoms with Crippen LogP contribution < -0.4 is 0 Å². The van der Waals surface area contributed by atoms with Gasteiger partial charge in [-0.25, -0.2) is 0 Å². The first-order chi connectivity index (χ1) is 9.47. The van der Waals surface area contributed by atoms with Crippen molar-refractivity contribution in [1.29, 1.82) is 0 Å². The van der Waals surface area contributed by atoms with E-state index in [-0.39, 0.29) is 11.3 Å². The molecular weight excluding hydrogens is 277 g/mol. The summed E-state index contributed by atoms with van der Waals surface area (Å²) >= 11 is 0. The van der Waals surface area contributed by atoms with Gasteiger partial charge in [0, 0.05) is 20.8 Å². The number of rotatable bonds is 3. The summed E-state index contributed by atoms with van der Waals surface area (Å²) in [5, 5.41) is -0.0260. The molecule has 0 unspecified atom stereocenters. The lowest BCUT2D eigenvalue weighted by atomic mass is 10.1. The maximum absolute atomic E-state index is 9.25. The molecule has 0 aromatic rings. The fourth-order valence-electron chi connectivity index (χ4n) is 1.13. The molecule has 4 radical (unpaired) electrons. The van der Waals surface area contributed by atoms with Crippen LogP contribution in [0.3, 0.4) is 0 Å². The van der Waals surface area contributed by atoms with Crippen LogP contribution >= 0.6 is 7.94 Å². The van der Waals surface area contributed by atoms with Gasteiger partial charge in [-0.2, -0.15) is 14.3 Å². The van der Waals surface area contributed by atoms with Gasteiger partial charge in [-0.15, -0.1) is 0 Å². The van der Waals surface area contributed by atoms with Crippen molar-refractivity contribution in [1.82, 2.24) is 0 Å². The molecule has 1 aliphatic heterocycles. The quantitative estimate of drug-likeness (QED) is 0.617. The zero-order chi connectivity index (χ0) is 16.6. The standard InChI is InChI=1S/C7H13BO4P.C2H6O.C2H6.CH3B/c1-11-13(9,10)7(8)5-6-3-2-4-12-6;1-3-2;2*1-2/h5-6,9-10H,2-4H2,1H3;1-2H3;1-2H3;1H3/q+1;;;/b7-5+;;;/t6-;;;/m0.../s1. The van der Waals surface area contributed by atoms with Gasteiger partial charge in [-0.05, 0) is 18.9 Å². The molecule has 0 aromatic carbocycles. The van der Waals surface area contributed by atoms with E-state index in [0.29, 0.717) is 6.61 Å². The van der Waals surface area contributed by atoms with E-state index < -0.39 is 7.94 Å². The number of ether oxygens (including phenoxy) is 2. The highest BCUT2D eigenvalue weighted by Gasteiger charge is 2.37. The molecule has 2 N–H and O–H groups in total. The molecule has 0 spiro atoms. The van der Waals surface area contributed by atoms with Crippen LogP contribution in [0.25, 0.3) is 0 Å². The Morgan fingerprint density at radius 3 is 2.00 bits per heavy atom. The molecule has 1 atom stereocenters. The van der Waals surface area contributed by atoms with Crippen molar-refractivity contribution in [3.8, 4) is 0 Å². The minimum Gasteiger partial charge on any atom is -0.388 e. The normalized spacial score (nSPS) is 17.8. The van der Waals surface area contributed by atoms with Crippen LogP contribution in [-0.2, 0) is 14.0 Å². The SMILES string of the molecule is CC.COC.[B]/C(=C\[C@@H]1CCCO1)[P+](O)(O)OC.[B]C. The lowest BCUT2D eigenvalue weighted by Gasteiger charge is -2.10. The maximum atomic E-state index is 9.25. The molecule has 5 nitrogen and oxygen atoms in total. The van der Waals surface area contributed by atoms with Crippen molar-refractivity contribution in [3.63, 3.8) is 0 Å². The van der Waals surface area contributed by atoms with Gasteiger partial charge in [-0.3, -0.25) is 0 Å². The Kier molecular flexibility index (Phi) is 21.5. The van der Waals surface area contributed by atoms with Crippen molar-refractivity contribution in [2.45, 2.75) is 39.6 Å². The lowest BCUT2D eigenvalue weighted by Crippen LogP contribution is -2.05. The van der Waals surface area contributed by atoms with Gasteiger partial charge in [0.05, 0.1) is 21.1 Å². The first kappa shape index (κ1) is 25.1. The highest BCUT2D eigenvalue weighted by atomic mass is 31.2. The summed E-state index contributed by atoms with van der Waals surface area (Å²) in [6.07, 6.45) is 3.26. The molecule has 1 aliphatic rings. The Morgan fingerprint density at radius 1 is 1.25 bits per heavy atom. The van der Waals surface area contributed by atoms with E-state index in [9.17, 15) is 9.79 Å². The summed E-state index contributed by atoms with van der Waals surface area (Å²) in [4.78, 5) is 18.5. The Morgan fingerprint density at radius 2 is 1.70 bits per heavy atom. The van der Waals surface area contributed by atoms with Crippen LogP contribution in [0.5, 0.6) is 0 Å². The van der Waals surface area contributed by atoms with E-state index >= 15 is 0 Å². The number of hydrogen-bond donors (Lipinski definition) is 2. The van der Waals surface area contributed by atoms with Crippen molar-refractivity contribution in [3.05, 3.63) is 11.3 Å². The second-order valence-electron chi connectivity index (χ2n) is 3.28. The Hall–Kier alpha value is 0.0999. The fraction of sp³-hybridized carbons (Fsp3) is 0.833. The van der Waals surface area contributed by atoms with Gasteiger partial charge < -0.3 is 9.47 Å². The largest absolute Gasteiger partial charge is 0.426 e. The van der Waals surface area contributed by atoms with Gasteiger partial charge in [0.2, 0.25) is 0 Å². The molecule has 0 aromatic heterocycles. The van der Waals surface area contributed by atoms with Crippen LogP contribution in [0.15, 0.2) is 11.3 Å². The van der Waals surface area contributed by atoms with E-state index in [1.54, 1.807) is 14.2 Å². The van der Waals surface area contributed by atoms with Crippen molar-refractivity contribution < 1.29 is 23.8 Å². The minimum absolute atomic E-state index is 0.0260. The third kappa shape index (κ3) is 13.1. The molecule has 1 fully saturated rings. The first-order valence-electron chi connectivity index (χ1n) is 6.45. The predicted molar refractivity (Wildman–Crippen MR) is 87.1 cm³/mol. The lowest BCUT2D eigenvalue weighted by molar-refractivity contribution is 0.145. The van der Waals surface area contributed by atoms with E-state index in [1.807, 2.05) is 13.8 Å². The molecule has 1 saturated heterocycles. The van der Waals surface area contributed by atoms with Gasteiger partial charge in [-0.1, -0.05) is 20.7 Å². The number of methoxy groups -OCH3 is 1. The van der Waals surface area contributed by atoms with E-state index in [0.717, 1.165) is 12.8 Å². The maximum Gasteiger partial charge on any atom is 0.426 e. The average Bonchev–Trinajstić information content (AvgIpc) is 2.97. The van der Waals surface area contributed by atoms with Crippen molar-refractivity contribution >= 4 is 23.6 Å². The second-order valence-corrected chi connectivity index (χ2v) is 5.25.